The molecule has 0 unspecified atom stereocenters. The number of nitrogens with zero attached hydrogens (tertiary/aromatic N) is 1. The van der Waals surface area contributed by atoms with Gasteiger partial charge >= 0.3 is 8.56 Å². The standard InChI is InChI=1S/C18H23NO2Si/c1-2-19-13-15-20-22(21-16-14-19,17-9-5-3-6-10-17)18-11-7-4-8-12-18/h3-12H,2,13-16H2,1H3. The monoisotopic (exact) mass is 313 g/mol. The Labute approximate surface area is 133 Å². The van der Waals surface area contributed by atoms with Crippen LogP contribution in [0, 0.1) is 0 Å². The van der Waals surface area contributed by atoms with E-state index in [0.717, 1.165) is 19.6 Å². The molecule has 0 bridgehead atoms. The minimum atomic E-state index is -2.59. The fourth-order valence-electron chi connectivity index (χ4n) is 2.92. The van der Waals surface area contributed by atoms with E-state index >= 15 is 0 Å². The van der Waals surface area contributed by atoms with Crippen molar-refractivity contribution in [2.24, 2.45) is 0 Å². The fourth-order valence-corrected chi connectivity index (χ4v) is 6.03. The molecule has 0 amide bonds. The third-order valence-corrected chi connectivity index (χ3v) is 7.59. The molecule has 1 heterocycles. The van der Waals surface area contributed by atoms with Crippen molar-refractivity contribution in [2.75, 3.05) is 32.8 Å². The Hall–Kier alpha value is -1.46. The topological polar surface area (TPSA) is 21.7 Å². The molecule has 0 saturated carbocycles. The zero-order valence-corrected chi connectivity index (χ0v) is 14.1. The molecule has 0 aromatic heterocycles. The van der Waals surface area contributed by atoms with Crippen molar-refractivity contribution >= 4 is 18.9 Å². The highest BCUT2D eigenvalue weighted by Crippen LogP contribution is 2.12. The van der Waals surface area contributed by atoms with Crippen LogP contribution in [0.5, 0.6) is 0 Å². The Bertz CT molecular complexity index is 525. The highest BCUT2D eigenvalue weighted by Gasteiger charge is 2.43. The third kappa shape index (κ3) is 3.15. The van der Waals surface area contributed by atoms with E-state index < -0.39 is 8.56 Å². The first-order valence-corrected chi connectivity index (χ1v) is 9.78. The summed E-state index contributed by atoms with van der Waals surface area (Å²) < 4.78 is 12.9. The largest absolute Gasteiger partial charge is 0.407 e. The van der Waals surface area contributed by atoms with Gasteiger partial charge in [0.1, 0.15) is 0 Å². The summed E-state index contributed by atoms with van der Waals surface area (Å²) in [6, 6.07) is 20.9. The maximum absolute atomic E-state index is 6.45. The van der Waals surface area contributed by atoms with Gasteiger partial charge in [-0.1, -0.05) is 67.6 Å². The number of hydrogen-bond acceptors (Lipinski definition) is 3. The average Bonchev–Trinajstić information content (AvgIpc) is 2.57. The van der Waals surface area contributed by atoms with Gasteiger partial charge in [-0.3, -0.25) is 4.90 Å². The number of hydrogen-bond donors (Lipinski definition) is 0. The molecular weight excluding hydrogens is 290 g/mol. The summed E-state index contributed by atoms with van der Waals surface area (Å²) in [6.07, 6.45) is 0. The summed E-state index contributed by atoms with van der Waals surface area (Å²) in [5, 5.41) is 2.37. The second-order valence-corrected chi connectivity index (χ2v) is 8.45. The highest BCUT2D eigenvalue weighted by atomic mass is 28.4. The van der Waals surface area contributed by atoms with Crippen LogP contribution in [-0.2, 0) is 8.85 Å². The molecule has 116 valence electrons. The van der Waals surface area contributed by atoms with Gasteiger partial charge in [0.2, 0.25) is 0 Å². The molecule has 22 heavy (non-hydrogen) atoms. The maximum atomic E-state index is 6.45. The zero-order chi connectivity index (χ0) is 15.3. The molecule has 1 aliphatic heterocycles. The van der Waals surface area contributed by atoms with Crippen molar-refractivity contribution in [1.29, 1.82) is 0 Å². The van der Waals surface area contributed by atoms with Gasteiger partial charge in [0, 0.05) is 26.3 Å². The predicted molar refractivity (Wildman–Crippen MR) is 91.9 cm³/mol. The summed E-state index contributed by atoms with van der Waals surface area (Å²) in [4.78, 5) is 2.37. The summed E-state index contributed by atoms with van der Waals surface area (Å²) >= 11 is 0. The van der Waals surface area contributed by atoms with E-state index in [9.17, 15) is 0 Å². The normalized spacial score (nSPS) is 19.3. The molecular formula is C18H23NO2Si. The van der Waals surface area contributed by atoms with Crippen molar-refractivity contribution in [3.63, 3.8) is 0 Å². The molecule has 0 aliphatic carbocycles. The first-order chi connectivity index (χ1) is 10.8. The van der Waals surface area contributed by atoms with Gasteiger partial charge in [-0.05, 0) is 16.9 Å². The van der Waals surface area contributed by atoms with E-state index in [-0.39, 0.29) is 0 Å². The molecule has 0 radical (unpaired) electrons. The first-order valence-electron chi connectivity index (χ1n) is 7.96. The van der Waals surface area contributed by atoms with Gasteiger partial charge in [-0.2, -0.15) is 0 Å². The van der Waals surface area contributed by atoms with Crippen LogP contribution in [0.3, 0.4) is 0 Å². The molecule has 1 fully saturated rings. The second-order valence-electron chi connectivity index (χ2n) is 5.48. The number of benzene rings is 2. The van der Waals surface area contributed by atoms with Gasteiger partial charge in [-0.25, -0.2) is 0 Å². The van der Waals surface area contributed by atoms with Crippen LogP contribution in [0.4, 0.5) is 0 Å². The summed E-state index contributed by atoms with van der Waals surface area (Å²) in [7, 11) is -2.59. The van der Waals surface area contributed by atoms with Crippen LogP contribution < -0.4 is 10.4 Å². The fraction of sp³-hybridized carbons (Fsp3) is 0.333. The van der Waals surface area contributed by atoms with Crippen LogP contribution in [0.2, 0.25) is 0 Å². The SMILES string of the molecule is CCN1CCO[Si](c2ccccc2)(c2ccccc2)OCC1. The second kappa shape index (κ2) is 7.20. The van der Waals surface area contributed by atoms with E-state index in [1.54, 1.807) is 0 Å². The van der Waals surface area contributed by atoms with Gasteiger partial charge in [0.15, 0.2) is 0 Å². The molecule has 0 N–H and O–H groups in total. The Morgan fingerprint density at radius 2 is 1.27 bits per heavy atom. The van der Waals surface area contributed by atoms with Gasteiger partial charge < -0.3 is 8.85 Å². The Morgan fingerprint density at radius 1 is 0.818 bits per heavy atom. The van der Waals surface area contributed by atoms with Gasteiger partial charge in [0.25, 0.3) is 0 Å². The maximum Gasteiger partial charge on any atom is 0.407 e. The zero-order valence-electron chi connectivity index (χ0n) is 13.1. The summed E-state index contributed by atoms with van der Waals surface area (Å²) in [5.41, 5.74) is 0. The van der Waals surface area contributed by atoms with E-state index in [0.29, 0.717) is 13.2 Å². The quantitative estimate of drug-likeness (QED) is 0.804. The highest BCUT2D eigenvalue weighted by molar-refractivity contribution is 6.92. The Morgan fingerprint density at radius 3 is 1.68 bits per heavy atom. The van der Waals surface area contributed by atoms with Crippen LogP contribution in [-0.4, -0.2) is 46.3 Å². The van der Waals surface area contributed by atoms with E-state index in [1.807, 2.05) is 12.1 Å². The van der Waals surface area contributed by atoms with E-state index in [4.69, 9.17) is 8.85 Å². The number of likely N-dealkylation sites (N-methyl/N-ethyl adjacent to an activating group) is 1. The predicted octanol–water partition coefficient (Wildman–Crippen LogP) is 1.61. The number of rotatable bonds is 3. The molecule has 3 nitrogen and oxygen atoms in total. The average molecular weight is 313 g/mol. The molecule has 0 atom stereocenters. The van der Waals surface area contributed by atoms with Crippen molar-refractivity contribution < 1.29 is 8.85 Å². The van der Waals surface area contributed by atoms with Crippen LogP contribution in [0.15, 0.2) is 60.7 Å². The van der Waals surface area contributed by atoms with E-state index in [2.05, 4.69) is 60.4 Å². The molecule has 1 aliphatic rings. The molecule has 2 aromatic carbocycles. The summed E-state index contributed by atoms with van der Waals surface area (Å²) in [6.45, 7) is 6.58. The molecule has 3 rings (SSSR count). The Kier molecular flexibility index (Phi) is 5.05. The molecule has 1 saturated heterocycles. The first kappa shape index (κ1) is 15.4. The van der Waals surface area contributed by atoms with Crippen molar-refractivity contribution in [1.82, 2.24) is 4.90 Å². The molecule has 0 spiro atoms. The van der Waals surface area contributed by atoms with Gasteiger partial charge in [-0.15, -0.1) is 0 Å². The summed E-state index contributed by atoms with van der Waals surface area (Å²) in [5.74, 6) is 0. The van der Waals surface area contributed by atoms with Crippen LogP contribution >= 0.6 is 0 Å². The lowest BCUT2D eigenvalue weighted by Crippen LogP contribution is -2.65. The minimum Gasteiger partial charge on any atom is -0.386 e. The van der Waals surface area contributed by atoms with Crippen molar-refractivity contribution in [2.45, 2.75) is 6.92 Å². The lowest BCUT2D eigenvalue weighted by atomic mass is 10.4. The van der Waals surface area contributed by atoms with Gasteiger partial charge in [0.05, 0.1) is 0 Å². The third-order valence-electron chi connectivity index (χ3n) is 4.18. The minimum absolute atomic E-state index is 0.712. The molecule has 4 heteroatoms. The van der Waals surface area contributed by atoms with Crippen LogP contribution in [0.25, 0.3) is 0 Å². The van der Waals surface area contributed by atoms with Crippen molar-refractivity contribution in [3.8, 4) is 0 Å². The lowest BCUT2D eigenvalue weighted by molar-refractivity contribution is 0.110. The van der Waals surface area contributed by atoms with Crippen molar-refractivity contribution in [3.05, 3.63) is 60.7 Å². The lowest BCUT2D eigenvalue weighted by Gasteiger charge is -2.35. The smallest absolute Gasteiger partial charge is 0.386 e. The Balaban J connectivity index is 1.97. The molecule has 2 aromatic rings. The van der Waals surface area contributed by atoms with Crippen LogP contribution in [0.1, 0.15) is 6.92 Å². The van der Waals surface area contributed by atoms with E-state index in [1.165, 1.54) is 10.4 Å².